The van der Waals surface area contributed by atoms with E-state index in [4.69, 9.17) is 10.5 Å². The van der Waals surface area contributed by atoms with Gasteiger partial charge in [0, 0.05) is 17.7 Å². The minimum absolute atomic E-state index is 0.0503. The standard InChI is InChI=1S/C16H18N2O3/c1-3-21-15-7-5-4-6-14(15)16(17)12-8-11(2)9-13(10-12)18(19)20/h4-10,16H,3,17H2,1-2H3. The second-order valence-electron chi connectivity index (χ2n) is 4.81. The summed E-state index contributed by atoms with van der Waals surface area (Å²) in [6.45, 7) is 4.26. The van der Waals surface area contributed by atoms with E-state index in [1.807, 2.05) is 44.2 Å². The van der Waals surface area contributed by atoms with Crippen LogP contribution in [0.1, 0.15) is 29.7 Å². The number of aryl methyl sites for hydroxylation is 1. The van der Waals surface area contributed by atoms with Gasteiger partial charge in [0.2, 0.25) is 0 Å². The second kappa shape index (κ2) is 6.37. The predicted octanol–water partition coefficient (Wildman–Crippen LogP) is 3.35. The third-order valence-corrected chi connectivity index (χ3v) is 3.21. The molecule has 2 aromatic carbocycles. The van der Waals surface area contributed by atoms with E-state index in [1.54, 1.807) is 0 Å². The number of nitro benzene ring substituents is 1. The Morgan fingerprint density at radius 2 is 2.00 bits per heavy atom. The van der Waals surface area contributed by atoms with Crippen molar-refractivity contribution < 1.29 is 9.66 Å². The first-order chi connectivity index (χ1) is 10.0. The molecular formula is C16H18N2O3. The minimum Gasteiger partial charge on any atom is -0.494 e. The Labute approximate surface area is 123 Å². The maximum absolute atomic E-state index is 11.0. The lowest BCUT2D eigenvalue weighted by Gasteiger charge is -2.17. The van der Waals surface area contributed by atoms with Gasteiger partial charge in [-0.25, -0.2) is 0 Å². The van der Waals surface area contributed by atoms with Gasteiger partial charge >= 0.3 is 0 Å². The maximum atomic E-state index is 11.0. The van der Waals surface area contributed by atoms with Crippen molar-refractivity contribution >= 4 is 5.69 Å². The van der Waals surface area contributed by atoms with Gasteiger partial charge in [0.05, 0.1) is 17.6 Å². The average Bonchev–Trinajstić information content (AvgIpc) is 2.47. The fourth-order valence-electron chi connectivity index (χ4n) is 2.28. The van der Waals surface area contributed by atoms with E-state index in [2.05, 4.69) is 0 Å². The fourth-order valence-corrected chi connectivity index (χ4v) is 2.28. The minimum atomic E-state index is -0.466. The van der Waals surface area contributed by atoms with Crippen LogP contribution in [-0.4, -0.2) is 11.5 Å². The largest absolute Gasteiger partial charge is 0.494 e. The Morgan fingerprint density at radius 1 is 1.29 bits per heavy atom. The SMILES string of the molecule is CCOc1ccccc1C(N)c1cc(C)cc([N+](=O)[O-])c1. The van der Waals surface area contributed by atoms with Gasteiger partial charge in [0.25, 0.3) is 5.69 Å². The molecule has 0 saturated carbocycles. The summed E-state index contributed by atoms with van der Waals surface area (Å²) >= 11 is 0. The van der Waals surface area contributed by atoms with Gasteiger partial charge in [-0.15, -0.1) is 0 Å². The highest BCUT2D eigenvalue weighted by Crippen LogP contribution is 2.30. The predicted molar refractivity (Wildman–Crippen MR) is 81.5 cm³/mol. The molecule has 0 aromatic heterocycles. The summed E-state index contributed by atoms with van der Waals surface area (Å²) in [7, 11) is 0. The molecule has 0 saturated heterocycles. The first kappa shape index (κ1) is 15.0. The van der Waals surface area contributed by atoms with Gasteiger partial charge in [0.1, 0.15) is 5.75 Å². The van der Waals surface area contributed by atoms with Crippen LogP contribution >= 0.6 is 0 Å². The molecule has 0 heterocycles. The summed E-state index contributed by atoms with van der Waals surface area (Å²) in [5, 5.41) is 11.0. The molecule has 0 spiro atoms. The molecule has 0 aliphatic carbocycles. The first-order valence-corrected chi connectivity index (χ1v) is 6.76. The number of hydrogen-bond acceptors (Lipinski definition) is 4. The van der Waals surface area contributed by atoms with Crippen molar-refractivity contribution in [3.8, 4) is 5.75 Å². The van der Waals surface area contributed by atoms with Crippen LogP contribution in [0.15, 0.2) is 42.5 Å². The molecule has 0 aliphatic heterocycles. The van der Waals surface area contributed by atoms with E-state index >= 15 is 0 Å². The van der Waals surface area contributed by atoms with Crippen molar-refractivity contribution in [3.05, 3.63) is 69.3 Å². The zero-order valence-corrected chi connectivity index (χ0v) is 12.1. The van der Waals surface area contributed by atoms with Crippen LogP contribution in [0.25, 0.3) is 0 Å². The zero-order chi connectivity index (χ0) is 15.4. The Hall–Kier alpha value is -2.40. The van der Waals surface area contributed by atoms with Crippen molar-refractivity contribution in [2.24, 2.45) is 5.73 Å². The van der Waals surface area contributed by atoms with Gasteiger partial charge in [0.15, 0.2) is 0 Å². The molecule has 0 aliphatic rings. The molecule has 0 fully saturated rings. The summed E-state index contributed by atoms with van der Waals surface area (Å²) in [5.74, 6) is 0.705. The summed E-state index contributed by atoms with van der Waals surface area (Å²) in [6, 6.07) is 11.9. The summed E-state index contributed by atoms with van der Waals surface area (Å²) in [4.78, 5) is 10.6. The van der Waals surface area contributed by atoms with Crippen LogP contribution in [0.4, 0.5) is 5.69 Å². The van der Waals surface area contributed by atoms with E-state index in [0.29, 0.717) is 17.9 Å². The molecule has 0 amide bonds. The lowest BCUT2D eigenvalue weighted by molar-refractivity contribution is -0.385. The van der Waals surface area contributed by atoms with Crippen molar-refractivity contribution in [2.75, 3.05) is 6.61 Å². The third-order valence-electron chi connectivity index (χ3n) is 3.21. The molecule has 0 bridgehead atoms. The molecule has 2 rings (SSSR count). The van der Waals surface area contributed by atoms with Crippen LogP contribution < -0.4 is 10.5 Å². The Bertz CT molecular complexity index is 656. The average molecular weight is 286 g/mol. The number of hydrogen-bond donors (Lipinski definition) is 1. The van der Waals surface area contributed by atoms with Gasteiger partial charge in [-0.3, -0.25) is 10.1 Å². The van der Waals surface area contributed by atoms with Gasteiger partial charge in [-0.05, 0) is 31.0 Å². The van der Waals surface area contributed by atoms with Crippen LogP contribution in [-0.2, 0) is 0 Å². The molecule has 110 valence electrons. The fraction of sp³-hybridized carbons (Fsp3) is 0.250. The third kappa shape index (κ3) is 3.38. The van der Waals surface area contributed by atoms with Crippen molar-refractivity contribution in [1.82, 2.24) is 0 Å². The monoisotopic (exact) mass is 286 g/mol. The van der Waals surface area contributed by atoms with E-state index in [1.165, 1.54) is 12.1 Å². The maximum Gasteiger partial charge on any atom is 0.270 e. The normalized spacial score (nSPS) is 12.0. The lowest BCUT2D eigenvalue weighted by Crippen LogP contribution is -2.14. The topological polar surface area (TPSA) is 78.4 Å². The molecule has 5 heteroatoms. The molecule has 21 heavy (non-hydrogen) atoms. The molecular weight excluding hydrogens is 268 g/mol. The number of nitrogens with zero attached hydrogens (tertiary/aromatic N) is 1. The van der Waals surface area contributed by atoms with E-state index in [9.17, 15) is 10.1 Å². The Morgan fingerprint density at radius 3 is 2.67 bits per heavy atom. The molecule has 1 unspecified atom stereocenters. The molecule has 2 aromatic rings. The van der Waals surface area contributed by atoms with Crippen LogP contribution in [0.2, 0.25) is 0 Å². The number of nitro groups is 1. The number of rotatable bonds is 5. The molecule has 1 atom stereocenters. The van der Waals surface area contributed by atoms with Gasteiger partial charge in [-0.2, -0.15) is 0 Å². The number of nitrogens with two attached hydrogens (primary N) is 1. The highest BCUT2D eigenvalue weighted by molar-refractivity contribution is 5.46. The molecule has 5 nitrogen and oxygen atoms in total. The van der Waals surface area contributed by atoms with E-state index in [0.717, 1.165) is 11.1 Å². The zero-order valence-electron chi connectivity index (χ0n) is 12.1. The Kier molecular flexibility index (Phi) is 4.55. The quantitative estimate of drug-likeness (QED) is 0.675. The number of non-ortho nitro benzene ring substituents is 1. The highest BCUT2D eigenvalue weighted by atomic mass is 16.6. The van der Waals surface area contributed by atoms with Gasteiger partial charge < -0.3 is 10.5 Å². The van der Waals surface area contributed by atoms with Crippen LogP contribution in [0.3, 0.4) is 0 Å². The molecule has 0 radical (unpaired) electrons. The van der Waals surface area contributed by atoms with Crippen LogP contribution in [0.5, 0.6) is 5.75 Å². The second-order valence-corrected chi connectivity index (χ2v) is 4.81. The number of benzene rings is 2. The first-order valence-electron chi connectivity index (χ1n) is 6.76. The van der Waals surface area contributed by atoms with Crippen molar-refractivity contribution in [1.29, 1.82) is 0 Å². The summed E-state index contributed by atoms with van der Waals surface area (Å²) in [6.07, 6.45) is 0. The smallest absolute Gasteiger partial charge is 0.270 e. The van der Waals surface area contributed by atoms with Gasteiger partial charge in [-0.1, -0.05) is 24.3 Å². The summed E-state index contributed by atoms with van der Waals surface area (Å²) < 4.78 is 5.57. The van der Waals surface area contributed by atoms with Crippen molar-refractivity contribution in [3.63, 3.8) is 0 Å². The van der Waals surface area contributed by atoms with E-state index < -0.39 is 11.0 Å². The molecule has 2 N–H and O–H groups in total. The number of para-hydroxylation sites is 1. The lowest BCUT2D eigenvalue weighted by atomic mass is 9.97. The highest BCUT2D eigenvalue weighted by Gasteiger charge is 2.17. The van der Waals surface area contributed by atoms with Crippen molar-refractivity contribution in [2.45, 2.75) is 19.9 Å². The Balaban J connectivity index is 2.44. The van der Waals surface area contributed by atoms with Crippen LogP contribution in [0, 0.1) is 17.0 Å². The number of ether oxygens (including phenoxy) is 1. The van der Waals surface area contributed by atoms with E-state index in [-0.39, 0.29) is 5.69 Å². The summed E-state index contributed by atoms with van der Waals surface area (Å²) in [5.41, 5.74) is 8.66.